The van der Waals surface area contributed by atoms with Gasteiger partial charge in [0.2, 0.25) is 0 Å². The van der Waals surface area contributed by atoms with E-state index in [-0.39, 0.29) is 11.8 Å². The number of aromatic nitrogens is 1. The van der Waals surface area contributed by atoms with Crippen molar-refractivity contribution in [3.63, 3.8) is 0 Å². The lowest BCUT2D eigenvalue weighted by Gasteiger charge is -2.33. The zero-order valence-electron chi connectivity index (χ0n) is 18.2. The molecule has 2 heterocycles. The summed E-state index contributed by atoms with van der Waals surface area (Å²) in [5.74, 6) is -0.388. The fraction of sp³-hybridized carbons (Fsp3) is 0.269. The number of carbonyl (C=O) groups is 2. The maximum atomic E-state index is 13.4. The number of benzene rings is 2. The summed E-state index contributed by atoms with van der Waals surface area (Å²) in [6.45, 7) is 1.82. The number of hydrogen-bond donors (Lipinski definition) is 2. The molecule has 2 aliphatic rings. The molecule has 2 N–H and O–H groups in total. The smallest absolute Gasteiger partial charge is 0.259 e. The van der Waals surface area contributed by atoms with Crippen LogP contribution < -0.4 is 15.5 Å². The van der Waals surface area contributed by atoms with Gasteiger partial charge in [-0.05, 0) is 79.6 Å². The first kappa shape index (κ1) is 21.1. The minimum atomic E-state index is -0.429. The lowest BCUT2D eigenvalue weighted by molar-refractivity contribution is 0.101. The maximum Gasteiger partial charge on any atom is 0.259 e. The van der Waals surface area contributed by atoms with Crippen molar-refractivity contribution in [3.8, 4) is 0 Å². The van der Waals surface area contributed by atoms with Gasteiger partial charge < -0.3 is 15.5 Å². The summed E-state index contributed by atoms with van der Waals surface area (Å²) < 4.78 is 13.4. The summed E-state index contributed by atoms with van der Waals surface area (Å²) in [6, 6.07) is 15.9. The lowest BCUT2D eigenvalue weighted by atomic mass is 9.93. The van der Waals surface area contributed by atoms with E-state index in [1.54, 1.807) is 48.7 Å². The zero-order chi connectivity index (χ0) is 22.8. The van der Waals surface area contributed by atoms with Crippen molar-refractivity contribution >= 4 is 29.0 Å². The number of amides is 2. The van der Waals surface area contributed by atoms with Gasteiger partial charge in [0, 0.05) is 36.2 Å². The Morgan fingerprint density at radius 1 is 0.848 bits per heavy atom. The number of piperidine rings is 1. The van der Waals surface area contributed by atoms with Crippen LogP contribution in [0.3, 0.4) is 0 Å². The Morgan fingerprint density at radius 2 is 1.55 bits per heavy atom. The van der Waals surface area contributed by atoms with Crippen molar-refractivity contribution < 1.29 is 14.0 Å². The topological polar surface area (TPSA) is 74.3 Å². The van der Waals surface area contributed by atoms with Crippen molar-refractivity contribution in [1.82, 2.24) is 4.98 Å². The van der Waals surface area contributed by atoms with Gasteiger partial charge in [-0.3, -0.25) is 9.59 Å². The van der Waals surface area contributed by atoms with E-state index in [9.17, 15) is 14.0 Å². The first-order valence-corrected chi connectivity index (χ1v) is 11.2. The van der Waals surface area contributed by atoms with E-state index < -0.39 is 5.82 Å². The molecule has 1 saturated carbocycles. The van der Waals surface area contributed by atoms with E-state index in [1.807, 2.05) is 0 Å². The van der Waals surface area contributed by atoms with Crippen LogP contribution in [0.15, 0.2) is 66.9 Å². The standard InChI is InChI=1S/C26H25FN4O2/c27-19-5-2-7-21(17-19)29-24(32)18-4-1-6-20(16-18)30-25(33)22-8-3-13-28-23(22)31-14-11-26(9-10-26)12-15-31/h1-8,13,16-17H,9-12,14-15H2,(H,29,32)(H,30,33). The molecule has 33 heavy (non-hydrogen) atoms. The molecule has 0 radical (unpaired) electrons. The van der Waals surface area contributed by atoms with Gasteiger partial charge in [0.25, 0.3) is 11.8 Å². The van der Waals surface area contributed by atoms with Crippen molar-refractivity contribution in [3.05, 3.63) is 83.8 Å². The summed E-state index contributed by atoms with van der Waals surface area (Å²) in [6.07, 6.45) is 6.64. The Balaban J connectivity index is 1.29. The van der Waals surface area contributed by atoms with E-state index in [0.29, 0.717) is 33.7 Å². The molecule has 7 heteroatoms. The summed E-state index contributed by atoms with van der Waals surface area (Å²) >= 11 is 0. The van der Waals surface area contributed by atoms with E-state index in [4.69, 9.17) is 0 Å². The van der Waals surface area contributed by atoms with Crippen molar-refractivity contribution in [2.75, 3.05) is 28.6 Å². The number of halogens is 1. The molecule has 2 amide bonds. The molecule has 2 aromatic carbocycles. The number of pyridine rings is 1. The predicted octanol–water partition coefficient (Wildman–Crippen LogP) is 5.11. The van der Waals surface area contributed by atoms with E-state index in [2.05, 4.69) is 20.5 Å². The highest BCUT2D eigenvalue weighted by atomic mass is 19.1. The van der Waals surface area contributed by atoms with Crippen molar-refractivity contribution in [2.45, 2.75) is 25.7 Å². The average Bonchev–Trinajstić information content (AvgIpc) is 3.58. The first-order valence-electron chi connectivity index (χ1n) is 11.2. The first-order chi connectivity index (χ1) is 16.0. The van der Waals surface area contributed by atoms with Gasteiger partial charge in [-0.2, -0.15) is 0 Å². The third-order valence-corrected chi connectivity index (χ3v) is 6.58. The van der Waals surface area contributed by atoms with E-state index in [0.717, 1.165) is 25.9 Å². The molecule has 1 aliphatic heterocycles. The summed E-state index contributed by atoms with van der Waals surface area (Å²) in [7, 11) is 0. The van der Waals surface area contributed by atoms with Crippen LogP contribution in [0, 0.1) is 11.2 Å². The van der Waals surface area contributed by atoms with Gasteiger partial charge in [0.05, 0.1) is 5.56 Å². The normalized spacial score (nSPS) is 16.3. The second-order valence-electron chi connectivity index (χ2n) is 8.86. The molecular weight excluding hydrogens is 419 g/mol. The highest BCUT2D eigenvalue weighted by molar-refractivity contribution is 6.09. The molecule has 6 nitrogen and oxygen atoms in total. The van der Waals surface area contributed by atoms with Gasteiger partial charge in [0.15, 0.2) is 0 Å². The Kier molecular flexibility index (Phi) is 5.54. The molecular formula is C26H25FN4O2. The second kappa shape index (κ2) is 8.65. The maximum absolute atomic E-state index is 13.4. The van der Waals surface area contributed by atoms with Crippen LogP contribution in [0.25, 0.3) is 0 Å². The molecule has 1 aromatic heterocycles. The quantitative estimate of drug-likeness (QED) is 0.574. The fourth-order valence-electron chi connectivity index (χ4n) is 4.40. The molecule has 2 fully saturated rings. The van der Waals surface area contributed by atoms with Crippen molar-refractivity contribution in [1.29, 1.82) is 0 Å². The molecule has 0 unspecified atom stereocenters. The van der Waals surface area contributed by atoms with Gasteiger partial charge in [-0.15, -0.1) is 0 Å². The number of nitrogens with one attached hydrogen (secondary N) is 2. The number of carbonyl (C=O) groups excluding carboxylic acids is 2. The summed E-state index contributed by atoms with van der Waals surface area (Å²) in [5, 5.41) is 5.56. The van der Waals surface area contributed by atoms with E-state index in [1.165, 1.54) is 31.0 Å². The number of nitrogens with zero attached hydrogens (tertiary/aromatic N) is 2. The molecule has 168 valence electrons. The monoisotopic (exact) mass is 444 g/mol. The highest BCUT2D eigenvalue weighted by Crippen LogP contribution is 2.53. The average molecular weight is 445 g/mol. The van der Waals surface area contributed by atoms with Gasteiger partial charge in [-0.1, -0.05) is 12.1 Å². The van der Waals surface area contributed by atoms with Crippen LogP contribution >= 0.6 is 0 Å². The molecule has 0 bridgehead atoms. The largest absolute Gasteiger partial charge is 0.356 e. The zero-order valence-corrected chi connectivity index (χ0v) is 18.2. The highest BCUT2D eigenvalue weighted by Gasteiger charge is 2.44. The Morgan fingerprint density at radius 3 is 2.27 bits per heavy atom. The summed E-state index contributed by atoms with van der Waals surface area (Å²) in [5.41, 5.74) is 2.27. The van der Waals surface area contributed by atoms with Gasteiger partial charge in [-0.25, -0.2) is 9.37 Å². The molecule has 5 rings (SSSR count). The van der Waals surface area contributed by atoms with Gasteiger partial charge >= 0.3 is 0 Å². The van der Waals surface area contributed by atoms with Crippen LogP contribution in [-0.4, -0.2) is 29.9 Å². The van der Waals surface area contributed by atoms with Crippen LogP contribution in [0.4, 0.5) is 21.6 Å². The second-order valence-corrected chi connectivity index (χ2v) is 8.86. The third-order valence-electron chi connectivity index (χ3n) is 6.58. The van der Waals surface area contributed by atoms with Crippen LogP contribution in [0.1, 0.15) is 46.4 Å². The number of anilines is 3. The summed E-state index contributed by atoms with van der Waals surface area (Å²) in [4.78, 5) is 32.4. The number of hydrogen-bond acceptors (Lipinski definition) is 4. The van der Waals surface area contributed by atoms with Crippen LogP contribution in [0.2, 0.25) is 0 Å². The third kappa shape index (κ3) is 4.72. The molecule has 1 aliphatic carbocycles. The SMILES string of the molecule is O=C(Nc1cccc(F)c1)c1cccc(NC(=O)c2cccnc2N2CCC3(CC2)CC3)c1. The molecule has 3 aromatic rings. The van der Waals surface area contributed by atoms with Gasteiger partial charge in [0.1, 0.15) is 11.6 Å². The molecule has 1 saturated heterocycles. The number of rotatable bonds is 5. The Bertz CT molecular complexity index is 1200. The fourth-order valence-corrected chi connectivity index (χ4v) is 4.40. The van der Waals surface area contributed by atoms with Crippen LogP contribution in [0.5, 0.6) is 0 Å². The van der Waals surface area contributed by atoms with E-state index >= 15 is 0 Å². The molecule has 1 spiro atoms. The molecule has 0 atom stereocenters. The van der Waals surface area contributed by atoms with Crippen LogP contribution in [-0.2, 0) is 0 Å². The minimum Gasteiger partial charge on any atom is -0.356 e. The Hall–Kier alpha value is -3.74. The lowest BCUT2D eigenvalue weighted by Crippen LogP contribution is -2.36. The minimum absolute atomic E-state index is 0.271. The Labute approximate surface area is 191 Å². The van der Waals surface area contributed by atoms with Crippen molar-refractivity contribution in [2.24, 2.45) is 5.41 Å². The predicted molar refractivity (Wildman–Crippen MR) is 126 cm³/mol.